The van der Waals surface area contributed by atoms with Crippen molar-refractivity contribution in [2.75, 3.05) is 0 Å². The summed E-state index contributed by atoms with van der Waals surface area (Å²) in [6.07, 6.45) is 9.29. The smallest absolute Gasteiger partial charge is 0.0453 e. The number of aromatic amines is 1. The van der Waals surface area contributed by atoms with E-state index in [1.54, 1.807) is 12.2 Å². The van der Waals surface area contributed by atoms with E-state index < -0.39 is 0 Å². The normalized spacial score (nSPS) is 11.8. The minimum atomic E-state index is 1.07. The van der Waals surface area contributed by atoms with Gasteiger partial charge in [0.2, 0.25) is 0 Å². The second-order valence-electron chi connectivity index (χ2n) is 2.15. The average molecular weight is 175 g/mol. The number of hydrogen-bond donors (Lipinski definition) is 1. The molecule has 13 heavy (non-hydrogen) atoms. The van der Waals surface area contributed by atoms with Crippen LogP contribution < -0.4 is 10.6 Å². The van der Waals surface area contributed by atoms with E-state index in [1.807, 2.05) is 38.3 Å². The van der Waals surface area contributed by atoms with Crippen LogP contribution in [0.2, 0.25) is 0 Å². The second kappa shape index (κ2) is 7.17. The van der Waals surface area contributed by atoms with Gasteiger partial charge in [0.25, 0.3) is 0 Å². The zero-order chi connectivity index (χ0) is 10.1. The molecule has 0 spiro atoms. The largest absolute Gasteiger partial charge is 0.361 e. The van der Waals surface area contributed by atoms with Crippen LogP contribution in [0.3, 0.4) is 0 Å². The van der Waals surface area contributed by atoms with Crippen molar-refractivity contribution in [3.05, 3.63) is 48.1 Å². The minimum Gasteiger partial charge on any atom is -0.361 e. The van der Waals surface area contributed by atoms with Gasteiger partial charge >= 0.3 is 0 Å². The van der Waals surface area contributed by atoms with Crippen LogP contribution in [0.15, 0.2) is 37.6 Å². The van der Waals surface area contributed by atoms with Crippen molar-refractivity contribution in [2.24, 2.45) is 0 Å². The molecule has 1 heteroatoms. The number of nitrogens with one attached hydrogen (secondary N) is 1. The lowest BCUT2D eigenvalue weighted by molar-refractivity contribution is 1.32. The van der Waals surface area contributed by atoms with Crippen molar-refractivity contribution in [3.8, 4) is 0 Å². The summed E-state index contributed by atoms with van der Waals surface area (Å²) in [4.78, 5) is 3.09. The van der Waals surface area contributed by atoms with Crippen LogP contribution >= 0.6 is 0 Å². The van der Waals surface area contributed by atoms with Crippen LogP contribution in [0.5, 0.6) is 0 Å². The fourth-order valence-corrected chi connectivity index (χ4v) is 0.929. The van der Waals surface area contributed by atoms with Crippen LogP contribution in [-0.4, -0.2) is 4.98 Å². The molecule has 1 nitrogen and oxygen atoms in total. The van der Waals surface area contributed by atoms with E-state index in [-0.39, 0.29) is 0 Å². The van der Waals surface area contributed by atoms with Gasteiger partial charge in [-0.3, -0.25) is 0 Å². The molecule has 0 aromatic carbocycles. The molecule has 0 aliphatic heterocycles. The van der Waals surface area contributed by atoms with Crippen LogP contribution in [0.1, 0.15) is 13.8 Å². The SMILES string of the molecule is C=C/C=c1/cc[nH]/c1=C/C=C.CC. The third-order valence-corrected chi connectivity index (χ3v) is 1.39. The molecule has 1 aromatic rings. The number of H-pyrrole nitrogens is 1. The summed E-state index contributed by atoms with van der Waals surface area (Å²) < 4.78 is 0. The third-order valence-electron chi connectivity index (χ3n) is 1.39. The Hall–Kier alpha value is -1.50. The Kier molecular flexibility index (Phi) is 6.34. The number of allylic oxidation sites excluding steroid dienone is 2. The van der Waals surface area contributed by atoms with E-state index >= 15 is 0 Å². The van der Waals surface area contributed by atoms with E-state index in [0.717, 1.165) is 10.6 Å². The van der Waals surface area contributed by atoms with E-state index in [4.69, 9.17) is 0 Å². The highest BCUT2D eigenvalue weighted by molar-refractivity contribution is 5.40. The lowest BCUT2D eigenvalue weighted by atomic mass is 10.3. The lowest BCUT2D eigenvalue weighted by Crippen LogP contribution is -2.20. The lowest BCUT2D eigenvalue weighted by Gasteiger charge is -1.75. The minimum absolute atomic E-state index is 1.07. The Morgan fingerprint density at radius 3 is 2.31 bits per heavy atom. The van der Waals surface area contributed by atoms with E-state index in [1.165, 1.54) is 0 Å². The monoisotopic (exact) mass is 175 g/mol. The fourth-order valence-electron chi connectivity index (χ4n) is 0.929. The van der Waals surface area contributed by atoms with Crippen LogP contribution in [0.4, 0.5) is 0 Å². The zero-order valence-corrected chi connectivity index (χ0v) is 8.38. The Balaban J connectivity index is 0.000000671. The summed E-state index contributed by atoms with van der Waals surface area (Å²) in [6.45, 7) is 11.2. The van der Waals surface area contributed by atoms with Gasteiger partial charge in [-0.2, -0.15) is 0 Å². The maximum Gasteiger partial charge on any atom is 0.0453 e. The molecule has 0 amide bonds. The molecule has 0 aliphatic carbocycles. The third kappa shape index (κ3) is 3.61. The highest BCUT2D eigenvalue weighted by atomic mass is 14.6. The quantitative estimate of drug-likeness (QED) is 0.707. The fraction of sp³-hybridized carbons (Fsp3) is 0.167. The molecule has 0 aliphatic rings. The number of aromatic nitrogens is 1. The zero-order valence-electron chi connectivity index (χ0n) is 8.38. The van der Waals surface area contributed by atoms with E-state index in [0.29, 0.717) is 0 Å². The van der Waals surface area contributed by atoms with Gasteiger partial charge in [-0.15, -0.1) is 0 Å². The first-order valence-corrected chi connectivity index (χ1v) is 4.47. The Labute approximate surface area is 79.8 Å². The molecule has 1 rings (SSSR count). The van der Waals surface area contributed by atoms with Gasteiger partial charge in [0.05, 0.1) is 0 Å². The maximum atomic E-state index is 3.63. The molecular weight excluding hydrogens is 158 g/mol. The van der Waals surface area contributed by atoms with Crippen molar-refractivity contribution >= 4 is 12.2 Å². The van der Waals surface area contributed by atoms with Crippen LogP contribution in [0, 0.1) is 0 Å². The molecule has 0 radical (unpaired) electrons. The first kappa shape index (κ1) is 11.5. The van der Waals surface area contributed by atoms with Gasteiger partial charge < -0.3 is 4.98 Å². The predicted octanol–water partition coefficient (Wildman–Crippen LogP) is 1.97. The van der Waals surface area contributed by atoms with Crippen LogP contribution in [-0.2, 0) is 0 Å². The highest BCUT2D eigenvalue weighted by Gasteiger charge is 1.80. The van der Waals surface area contributed by atoms with E-state index in [2.05, 4.69) is 18.1 Å². The first-order valence-electron chi connectivity index (χ1n) is 4.47. The van der Waals surface area contributed by atoms with Gasteiger partial charge in [0.1, 0.15) is 0 Å². The summed E-state index contributed by atoms with van der Waals surface area (Å²) in [5, 5.41) is 2.21. The topological polar surface area (TPSA) is 15.8 Å². The molecule has 1 N–H and O–H groups in total. The van der Waals surface area contributed by atoms with E-state index in [9.17, 15) is 0 Å². The van der Waals surface area contributed by atoms with Crippen molar-refractivity contribution in [2.45, 2.75) is 13.8 Å². The molecule has 0 atom stereocenters. The maximum absolute atomic E-state index is 3.63. The first-order chi connectivity index (χ1) is 6.38. The molecule has 0 unspecified atom stereocenters. The molecule has 0 saturated heterocycles. The van der Waals surface area contributed by atoms with Gasteiger partial charge in [-0.1, -0.05) is 45.2 Å². The summed E-state index contributed by atoms with van der Waals surface area (Å²) in [7, 11) is 0. The number of rotatable bonds is 2. The molecule has 1 aromatic heterocycles. The summed E-state index contributed by atoms with van der Waals surface area (Å²) in [5.41, 5.74) is 0. The predicted molar refractivity (Wildman–Crippen MR) is 60.7 cm³/mol. The summed E-state index contributed by atoms with van der Waals surface area (Å²) in [5.74, 6) is 0. The second-order valence-corrected chi connectivity index (χ2v) is 2.15. The molecule has 0 fully saturated rings. The van der Waals surface area contributed by atoms with Crippen molar-refractivity contribution in [1.82, 2.24) is 4.98 Å². The van der Waals surface area contributed by atoms with Crippen LogP contribution in [0.25, 0.3) is 12.2 Å². The van der Waals surface area contributed by atoms with Gasteiger partial charge in [-0.25, -0.2) is 0 Å². The molecule has 0 bridgehead atoms. The van der Waals surface area contributed by atoms with Gasteiger partial charge in [0, 0.05) is 11.5 Å². The molecular formula is C12H17N. The summed E-state index contributed by atoms with van der Waals surface area (Å²) >= 11 is 0. The highest BCUT2D eigenvalue weighted by Crippen LogP contribution is 1.68. The Morgan fingerprint density at radius 1 is 1.15 bits per heavy atom. The Bertz CT molecular complexity index is 320. The van der Waals surface area contributed by atoms with Crippen molar-refractivity contribution in [1.29, 1.82) is 0 Å². The number of hydrogen-bond acceptors (Lipinski definition) is 0. The molecule has 1 heterocycles. The Morgan fingerprint density at radius 2 is 1.77 bits per heavy atom. The molecule has 0 saturated carbocycles. The average Bonchev–Trinajstić information content (AvgIpc) is 2.58. The van der Waals surface area contributed by atoms with Gasteiger partial charge in [-0.05, 0) is 17.4 Å². The summed E-state index contributed by atoms with van der Waals surface area (Å²) in [6, 6.07) is 2.00. The standard InChI is InChI=1S/C10H11N.C2H6/c1-3-5-9-7-8-11-10(9)6-4-2;1-2/h3-8,11H,1-2H2;1-2H3/b9-5-,10-6+;. The van der Waals surface area contributed by atoms with Crippen molar-refractivity contribution in [3.63, 3.8) is 0 Å². The van der Waals surface area contributed by atoms with Gasteiger partial charge in [0.15, 0.2) is 0 Å². The van der Waals surface area contributed by atoms with Crippen molar-refractivity contribution < 1.29 is 0 Å². The molecule has 70 valence electrons.